The number of hydrogen-bond donors (Lipinski definition) is 0. The van der Waals surface area contributed by atoms with Crippen molar-refractivity contribution in [3.8, 4) is 0 Å². The van der Waals surface area contributed by atoms with Gasteiger partial charge in [-0.1, -0.05) is 51.1 Å². The molecule has 1 nitrogen and oxygen atoms in total. The van der Waals surface area contributed by atoms with Gasteiger partial charge in [-0.2, -0.15) is 0 Å². The van der Waals surface area contributed by atoms with Crippen LogP contribution in [-0.2, 0) is 6.54 Å². The second-order valence-electron chi connectivity index (χ2n) is 6.30. The molecule has 0 fully saturated rings. The van der Waals surface area contributed by atoms with E-state index in [-0.39, 0.29) is 5.82 Å². The first-order valence-corrected chi connectivity index (χ1v) is 8.15. The summed E-state index contributed by atoms with van der Waals surface area (Å²) in [6, 6.07) is 7.08. The summed E-state index contributed by atoms with van der Waals surface area (Å²) in [5, 5.41) is 0. The SMILES string of the molecule is C=C(CCC(C)C)CCN(CCC)Cc1ccccc1F. The van der Waals surface area contributed by atoms with Crippen molar-refractivity contribution in [1.29, 1.82) is 0 Å². The zero-order valence-electron chi connectivity index (χ0n) is 13.9. The lowest BCUT2D eigenvalue weighted by atomic mass is 10.0. The molecule has 0 N–H and O–H groups in total. The molecule has 1 aromatic rings. The average Bonchev–Trinajstić information content (AvgIpc) is 2.45. The lowest BCUT2D eigenvalue weighted by molar-refractivity contribution is 0.264. The molecule has 0 saturated carbocycles. The van der Waals surface area contributed by atoms with Gasteiger partial charge in [0.15, 0.2) is 0 Å². The van der Waals surface area contributed by atoms with Crippen LogP contribution in [0.1, 0.15) is 52.0 Å². The summed E-state index contributed by atoms with van der Waals surface area (Å²) in [6.45, 7) is 13.5. The highest BCUT2D eigenvalue weighted by atomic mass is 19.1. The Hall–Kier alpha value is -1.15. The van der Waals surface area contributed by atoms with Crippen molar-refractivity contribution >= 4 is 0 Å². The topological polar surface area (TPSA) is 3.24 Å². The Bertz CT molecular complexity index is 425. The van der Waals surface area contributed by atoms with Gasteiger partial charge in [-0.3, -0.25) is 4.90 Å². The maximum Gasteiger partial charge on any atom is 0.127 e. The van der Waals surface area contributed by atoms with Gasteiger partial charge in [0.25, 0.3) is 0 Å². The standard InChI is InChI=1S/C19H30FN/c1-5-13-21(14-12-17(4)11-10-16(2)3)15-18-8-6-7-9-19(18)20/h6-9,16H,4-5,10-15H2,1-3H3. The summed E-state index contributed by atoms with van der Waals surface area (Å²) in [4.78, 5) is 2.33. The van der Waals surface area contributed by atoms with Gasteiger partial charge in [-0.15, -0.1) is 0 Å². The number of nitrogens with zero attached hydrogens (tertiary/aromatic N) is 1. The van der Waals surface area contributed by atoms with Crippen LogP contribution in [0, 0.1) is 11.7 Å². The third-order valence-electron chi connectivity index (χ3n) is 3.75. The summed E-state index contributed by atoms with van der Waals surface area (Å²) < 4.78 is 13.8. The number of hydrogen-bond acceptors (Lipinski definition) is 1. The Morgan fingerprint density at radius 2 is 1.90 bits per heavy atom. The molecule has 21 heavy (non-hydrogen) atoms. The molecule has 0 radical (unpaired) electrons. The van der Waals surface area contributed by atoms with Crippen LogP contribution in [-0.4, -0.2) is 18.0 Å². The van der Waals surface area contributed by atoms with Crippen molar-refractivity contribution in [2.75, 3.05) is 13.1 Å². The number of rotatable bonds is 10. The Balaban J connectivity index is 2.46. The van der Waals surface area contributed by atoms with Crippen LogP contribution in [0.4, 0.5) is 4.39 Å². The summed E-state index contributed by atoms with van der Waals surface area (Å²) in [5.74, 6) is 0.629. The molecule has 0 aliphatic rings. The zero-order chi connectivity index (χ0) is 15.7. The van der Waals surface area contributed by atoms with Crippen molar-refractivity contribution in [1.82, 2.24) is 4.90 Å². The van der Waals surface area contributed by atoms with Crippen molar-refractivity contribution in [2.45, 2.75) is 53.0 Å². The van der Waals surface area contributed by atoms with Crippen molar-refractivity contribution in [3.63, 3.8) is 0 Å². The normalized spacial score (nSPS) is 11.3. The molecule has 0 bridgehead atoms. The molecule has 0 unspecified atom stereocenters. The minimum absolute atomic E-state index is 0.0998. The first-order chi connectivity index (χ1) is 10.0. The predicted molar refractivity (Wildman–Crippen MR) is 89.8 cm³/mol. The van der Waals surface area contributed by atoms with Gasteiger partial charge in [0.2, 0.25) is 0 Å². The molecule has 0 aliphatic heterocycles. The van der Waals surface area contributed by atoms with Crippen molar-refractivity contribution in [2.24, 2.45) is 5.92 Å². The lowest BCUT2D eigenvalue weighted by Crippen LogP contribution is -2.26. The summed E-state index contributed by atoms with van der Waals surface area (Å²) >= 11 is 0. The summed E-state index contributed by atoms with van der Waals surface area (Å²) in [7, 11) is 0. The van der Waals surface area contributed by atoms with E-state index in [1.807, 2.05) is 12.1 Å². The predicted octanol–water partition coefficient (Wildman–Crippen LogP) is 5.42. The van der Waals surface area contributed by atoms with Crippen molar-refractivity contribution in [3.05, 3.63) is 47.8 Å². The monoisotopic (exact) mass is 291 g/mol. The van der Waals surface area contributed by atoms with Gasteiger partial charge < -0.3 is 0 Å². The lowest BCUT2D eigenvalue weighted by Gasteiger charge is -2.22. The van der Waals surface area contributed by atoms with E-state index in [0.29, 0.717) is 6.54 Å². The van der Waals surface area contributed by atoms with Gasteiger partial charge in [0.1, 0.15) is 5.82 Å². The van der Waals surface area contributed by atoms with Gasteiger partial charge in [0.05, 0.1) is 0 Å². The number of benzene rings is 1. The molecule has 118 valence electrons. The van der Waals surface area contributed by atoms with Crippen LogP contribution in [0.5, 0.6) is 0 Å². The van der Waals surface area contributed by atoms with E-state index in [4.69, 9.17) is 0 Å². The van der Waals surface area contributed by atoms with Crippen LogP contribution in [0.3, 0.4) is 0 Å². The molecule has 2 heteroatoms. The second kappa shape index (κ2) is 9.73. The minimum atomic E-state index is -0.0998. The van der Waals surface area contributed by atoms with Gasteiger partial charge >= 0.3 is 0 Å². The highest BCUT2D eigenvalue weighted by molar-refractivity contribution is 5.17. The summed E-state index contributed by atoms with van der Waals surface area (Å²) in [5.41, 5.74) is 2.11. The fourth-order valence-electron chi connectivity index (χ4n) is 2.39. The molecule has 0 saturated heterocycles. The average molecular weight is 291 g/mol. The van der Waals surface area contributed by atoms with Gasteiger partial charge in [-0.05, 0) is 44.2 Å². The zero-order valence-corrected chi connectivity index (χ0v) is 13.9. The molecule has 0 atom stereocenters. The van der Waals surface area contributed by atoms with Crippen molar-refractivity contribution < 1.29 is 4.39 Å². The molecule has 0 aromatic heterocycles. The van der Waals surface area contributed by atoms with E-state index >= 15 is 0 Å². The highest BCUT2D eigenvalue weighted by Crippen LogP contribution is 2.15. The van der Waals surface area contributed by atoms with Crippen LogP contribution in [0.25, 0.3) is 0 Å². The van der Waals surface area contributed by atoms with E-state index in [1.165, 1.54) is 12.0 Å². The number of halogens is 1. The smallest absolute Gasteiger partial charge is 0.127 e. The van der Waals surface area contributed by atoms with E-state index in [2.05, 4.69) is 32.3 Å². The largest absolute Gasteiger partial charge is 0.299 e. The van der Waals surface area contributed by atoms with E-state index in [9.17, 15) is 4.39 Å². The maximum absolute atomic E-state index is 13.8. The fourth-order valence-corrected chi connectivity index (χ4v) is 2.39. The quantitative estimate of drug-likeness (QED) is 0.520. The molecule has 1 aromatic carbocycles. The van der Waals surface area contributed by atoms with Gasteiger partial charge in [0, 0.05) is 18.7 Å². The fraction of sp³-hybridized carbons (Fsp3) is 0.579. The molecular weight excluding hydrogens is 261 g/mol. The van der Waals surface area contributed by atoms with E-state index in [0.717, 1.165) is 43.8 Å². The minimum Gasteiger partial charge on any atom is -0.299 e. The molecular formula is C19H30FN. The Kier molecular flexibility index (Phi) is 8.29. The van der Waals surface area contributed by atoms with E-state index in [1.54, 1.807) is 12.1 Å². The third-order valence-corrected chi connectivity index (χ3v) is 3.75. The summed E-state index contributed by atoms with van der Waals surface area (Å²) in [6.07, 6.45) is 4.42. The molecule has 0 amide bonds. The molecule has 1 rings (SSSR count). The molecule has 0 aliphatic carbocycles. The van der Waals surface area contributed by atoms with Crippen LogP contribution < -0.4 is 0 Å². The maximum atomic E-state index is 13.8. The molecule has 0 spiro atoms. The Labute approximate surface area is 129 Å². The Morgan fingerprint density at radius 3 is 2.52 bits per heavy atom. The highest BCUT2D eigenvalue weighted by Gasteiger charge is 2.09. The van der Waals surface area contributed by atoms with Crippen LogP contribution in [0.15, 0.2) is 36.4 Å². The van der Waals surface area contributed by atoms with Gasteiger partial charge in [-0.25, -0.2) is 4.39 Å². The first kappa shape index (κ1) is 17.9. The second-order valence-corrected chi connectivity index (χ2v) is 6.30. The van der Waals surface area contributed by atoms with Crippen LogP contribution >= 0.6 is 0 Å². The van der Waals surface area contributed by atoms with E-state index < -0.39 is 0 Å². The van der Waals surface area contributed by atoms with Crippen LogP contribution in [0.2, 0.25) is 0 Å². The Morgan fingerprint density at radius 1 is 1.19 bits per heavy atom. The first-order valence-electron chi connectivity index (χ1n) is 8.15. The molecule has 0 heterocycles. The third kappa shape index (κ3) is 7.42.